The maximum absolute atomic E-state index is 12.7. The van der Waals surface area contributed by atoms with E-state index in [1.807, 2.05) is 4.90 Å². The highest BCUT2D eigenvalue weighted by atomic mass is 35.5. The molecular weight excluding hydrogens is 292 g/mol. The summed E-state index contributed by atoms with van der Waals surface area (Å²) in [5.41, 5.74) is 0.280. The fourth-order valence-corrected chi connectivity index (χ4v) is 3.86. The molecule has 2 aliphatic rings. The first-order valence-corrected chi connectivity index (χ1v) is 7.70. The second kappa shape index (κ2) is 5.64. The molecule has 1 saturated carbocycles. The number of fused-ring (bicyclic) bond motifs is 1. The van der Waals surface area contributed by atoms with Crippen LogP contribution in [-0.2, 0) is 0 Å². The Morgan fingerprint density at radius 2 is 2.05 bits per heavy atom. The van der Waals surface area contributed by atoms with Crippen LogP contribution in [0, 0.1) is 16.0 Å². The summed E-state index contributed by atoms with van der Waals surface area (Å²) < 4.78 is 0. The van der Waals surface area contributed by atoms with Crippen molar-refractivity contribution in [2.45, 2.75) is 38.1 Å². The number of benzene rings is 1. The summed E-state index contributed by atoms with van der Waals surface area (Å²) in [5, 5.41) is 10.9. The number of halogens is 1. The second-order valence-electron chi connectivity index (χ2n) is 5.82. The zero-order valence-electron chi connectivity index (χ0n) is 11.6. The lowest BCUT2D eigenvalue weighted by Gasteiger charge is -2.31. The molecule has 0 radical (unpaired) electrons. The molecule has 1 saturated heterocycles. The van der Waals surface area contributed by atoms with Crippen molar-refractivity contribution in [1.29, 1.82) is 0 Å². The highest BCUT2D eigenvalue weighted by molar-refractivity contribution is 6.34. The van der Waals surface area contributed by atoms with E-state index >= 15 is 0 Å². The average molecular weight is 309 g/mol. The number of hydrogen-bond donors (Lipinski definition) is 0. The van der Waals surface area contributed by atoms with Crippen molar-refractivity contribution in [3.63, 3.8) is 0 Å². The lowest BCUT2D eigenvalue weighted by Crippen LogP contribution is -2.39. The van der Waals surface area contributed by atoms with Gasteiger partial charge in [0, 0.05) is 24.7 Å². The average Bonchev–Trinajstić information content (AvgIpc) is 2.90. The van der Waals surface area contributed by atoms with Crippen LogP contribution < -0.4 is 0 Å². The molecule has 2 atom stereocenters. The lowest BCUT2D eigenvalue weighted by molar-refractivity contribution is -0.384. The predicted molar refractivity (Wildman–Crippen MR) is 79.5 cm³/mol. The number of likely N-dealkylation sites (tertiary alicyclic amines) is 1. The van der Waals surface area contributed by atoms with Gasteiger partial charge in [0.1, 0.15) is 0 Å². The largest absolute Gasteiger partial charge is 0.335 e. The Labute approximate surface area is 128 Å². The Balaban J connectivity index is 1.83. The first-order valence-electron chi connectivity index (χ1n) is 7.33. The van der Waals surface area contributed by atoms with Gasteiger partial charge in [0.05, 0.1) is 15.5 Å². The highest BCUT2D eigenvalue weighted by Crippen LogP contribution is 2.37. The number of amides is 1. The van der Waals surface area contributed by atoms with Crippen molar-refractivity contribution in [1.82, 2.24) is 4.90 Å². The summed E-state index contributed by atoms with van der Waals surface area (Å²) in [6.07, 6.45) is 5.73. The molecule has 0 bridgehead atoms. The van der Waals surface area contributed by atoms with Gasteiger partial charge in [-0.3, -0.25) is 14.9 Å². The van der Waals surface area contributed by atoms with E-state index in [9.17, 15) is 14.9 Å². The molecule has 3 rings (SSSR count). The Morgan fingerprint density at radius 1 is 1.29 bits per heavy atom. The molecule has 21 heavy (non-hydrogen) atoms. The summed E-state index contributed by atoms with van der Waals surface area (Å²) in [6.45, 7) is 0.765. The number of rotatable bonds is 2. The van der Waals surface area contributed by atoms with E-state index in [0.717, 1.165) is 19.4 Å². The van der Waals surface area contributed by atoms with Crippen LogP contribution in [0.5, 0.6) is 0 Å². The number of carbonyl (C=O) groups is 1. The fraction of sp³-hybridized carbons (Fsp3) is 0.533. The zero-order chi connectivity index (χ0) is 15.0. The summed E-state index contributed by atoms with van der Waals surface area (Å²) in [5.74, 6) is 0.517. The molecule has 5 nitrogen and oxygen atoms in total. The third kappa shape index (κ3) is 2.62. The molecule has 0 spiro atoms. The Kier molecular flexibility index (Phi) is 3.85. The summed E-state index contributed by atoms with van der Waals surface area (Å²) in [4.78, 5) is 24.8. The molecule has 2 unspecified atom stereocenters. The highest BCUT2D eigenvalue weighted by Gasteiger charge is 2.38. The monoisotopic (exact) mass is 308 g/mol. The van der Waals surface area contributed by atoms with E-state index in [1.54, 1.807) is 0 Å². The number of nitro groups is 1. The van der Waals surface area contributed by atoms with Gasteiger partial charge >= 0.3 is 0 Å². The van der Waals surface area contributed by atoms with Crippen LogP contribution in [0.15, 0.2) is 18.2 Å². The molecule has 2 fully saturated rings. The van der Waals surface area contributed by atoms with Crippen molar-refractivity contribution in [2.24, 2.45) is 5.92 Å². The van der Waals surface area contributed by atoms with Crippen molar-refractivity contribution in [2.75, 3.05) is 6.54 Å². The van der Waals surface area contributed by atoms with Crippen LogP contribution >= 0.6 is 11.6 Å². The quantitative estimate of drug-likeness (QED) is 0.619. The Bertz CT molecular complexity index is 590. The van der Waals surface area contributed by atoms with Gasteiger partial charge in [-0.05, 0) is 31.2 Å². The maximum atomic E-state index is 12.7. The predicted octanol–water partition coefficient (Wildman–Crippen LogP) is 3.65. The Morgan fingerprint density at radius 3 is 2.76 bits per heavy atom. The van der Waals surface area contributed by atoms with Gasteiger partial charge in [-0.2, -0.15) is 0 Å². The molecule has 1 aliphatic carbocycles. The molecule has 1 aromatic carbocycles. The van der Waals surface area contributed by atoms with Crippen molar-refractivity contribution in [3.8, 4) is 0 Å². The molecule has 1 heterocycles. The standard InChI is InChI=1S/C15H17ClN2O3/c16-13-9-11(18(20)21)5-6-12(13)15(19)17-8-7-10-3-1-2-4-14(10)17/h5-6,9-10,14H,1-4,7-8H2. The third-order valence-corrected chi connectivity index (χ3v) is 4.98. The van der Waals surface area contributed by atoms with Gasteiger partial charge in [-0.15, -0.1) is 0 Å². The molecule has 6 heteroatoms. The van der Waals surface area contributed by atoms with E-state index in [0.29, 0.717) is 17.5 Å². The molecule has 1 aromatic rings. The Hall–Kier alpha value is -1.62. The van der Waals surface area contributed by atoms with Crippen LogP contribution in [0.3, 0.4) is 0 Å². The van der Waals surface area contributed by atoms with E-state index < -0.39 is 4.92 Å². The molecule has 0 N–H and O–H groups in total. The number of carbonyl (C=O) groups excluding carboxylic acids is 1. The van der Waals surface area contributed by atoms with Gasteiger partial charge in [-0.1, -0.05) is 24.4 Å². The molecule has 112 valence electrons. The lowest BCUT2D eigenvalue weighted by atomic mass is 9.85. The second-order valence-corrected chi connectivity index (χ2v) is 6.23. The normalized spacial score (nSPS) is 24.7. The smallest absolute Gasteiger partial charge is 0.270 e. The zero-order valence-corrected chi connectivity index (χ0v) is 12.4. The summed E-state index contributed by atoms with van der Waals surface area (Å²) in [7, 11) is 0. The van der Waals surface area contributed by atoms with E-state index in [-0.39, 0.29) is 16.6 Å². The van der Waals surface area contributed by atoms with Gasteiger partial charge in [0.15, 0.2) is 0 Å². The van der Waals surface area contributed by atoms with Gasteiger partial charge in [0.2, 0.25) is 0 Å². The minimum absolute atomic E-state index is 0.0893. The molecule has 0 aromatic heterocycles. The van der Waals surface area contributed by atoms with E-state index in [1.165, 1.54) is 37.5 Å². The SMILES string of the molecule is O=C(c1ccc([N+](=O)[O-])cc1Cl)N1CCC2CCCCC21. The number of hydrogen-bond acceptors (Lipinski definition) is 3. The molecule has 1 amide bonds. The molecule has 1 aliphatic heterocycles. The summed E-state index contributed by atoms with van der Waals surface area (Å²) in [6, 6.07) is 4.38. The third-order valence-electron chi connectivity index (χ3n) is 4.66. The van der Waals surface area contributed by atoms with Crippen LogP contribution in [0.1, 0.15) is 42.5 Å². The van der Waals surface area contributed by atoms with Crippen LogP contribution in [0.25, 0.3) is 0 Å². The van der Waals surface area contributed by atoms with Gasteiger partial charge in [0.25, 0.3) is 11.6 Å². The number of nitrogens with zero attached hydrogens (tertiary/aromatic N) is 2. The number of nitro benzene ring substituents is 1. The van der Waals surface area contributed by atoms with Crippen molar-refractivity contribution < 1.29 is 9.72 Å². The van der Waals surface area contributed by atoms with Crippen LogP contribution in [0.2, 0.25) is 5.02 Å². The van der Waals surface area contributed by atoms with Gasteiger partial charge in [-0.25, -0.2) is 0 Å². The molecular formula is C15H17ClN2O3. The number of non-ortho nitro benzene ring substituents is 1. The first-order chi connectivity index (χ1) is 10.1. The van der Waals surface area contributed by atoms with Crippen LogP contribution in [0.4, 0.5) is 5.69 Å². The van der Waals surface area contributed by atoms with Crippen LogP contribution in [-0.4, -0.2) is 28.3 Å². The van der Waals surface area contributed by atoms with E-state index in [2.05, 4.69) is 0 Å². The van der Waals surface area contributed by atoms with Gasteiger partial charge < -0.3 is 4.90 Å². The first kappa shape index (κ1) is 14.3. The van der Waals surface area contributed by atoms with Crippen molar-refractivity contribution >= 4 is 23.2 Å². The van der Waals surface area contributed by atoms with Crippen molar-refractivity contribution in [3.05, 3.63) is 38.9 Å². The minimum Gasteiger partial charge on any atom is -0.335 e. The minimum atomic E-state index is -0.507. The summed E-state index contributed by atoms with van der Waals surface area (Å²) >= 11 is 6.07. The fourth-order valence-electron chi connectivity index (χ4n) is 3.60. The maximum Gasteiger partial charge on any atom is 0.270 e. The van der Waals surface area contributed by atoms with E-state index in [4.69, 9.17) is 11.6 Å². The topological polar surface area (TPSA) is 63.4 Å².